The van der Waals surface area contributed by atoms with E-state index < -0.39 is 17.5 Å². The molecule has 4 N–H and O–H groups in total. The van der Waals surface area contributed by atoms with Crippen molar-refractivity contribution in [1.29, 1.82) is 0 Å². The molecule has 12 heteroatoms. The molecule has 0 unspecified atom stereocenters. The lowest BCUT2D eigenvalue weighted by atomic mass is 10.2. The first kappa shape index (κ1) is 20.0. The van der Waals surface area contributed by atoms with Gasteiger partial charge in [-0.25, -0.2) is 28.7 Å². The molecule has 0 aliphatic heterocycles. The maximum Gasteiger partial charge on any atom is 0.252 e. The standard InChI is InChI=1S/C8H4Cl2FN3.C6H5ClFN3O/c1-3-13-6-4(7(9)14-3)2-12-8(10)5(6)11;7-5-3(8)4(9)2(1-11-5)6(10)12/h2H,1H3;1H,(H2,9,11)(H2,10,12). The topological polar surface area (TPSA) is 121 Å². The number of nitrogens with zero attached hydrogens (tertiary/aromatic N) is 4. The van der Waals surface area contributed by atoms with E-state index in [1.807, 2.05) is 0 Å². The van der Waals surface area contributed by atoms with Crippen molar-refractivity contribution in [3.05, 3.63) is 50.9 Å². The summed E-state index contributed by atoms with van der Waals surface area (Å²) in [5, 5.41) is -0.0566. The third-order valence-electron chi connectivity index (χ3n) is 2.99. The number of nitrogen functional groups attached to an aromatic ring is 1. The van der Waals surface area contributed by atoms with Crippen LogP contribution in [0.15, 0.2) is 12.4 Å². The quantitative estimate of drug-likeness (QED) is 0.459. The minimum Gasteiger partial charge on any atom is -0.396 e. The van der Waals surface area contributed by atoms with Crippen LogP contribution >= 0.6 is 34.8 Å². The van der Waals surface area contributed by atoms with Gasteiger partial charge in [0.15, 0.2) is 21.9 Å². The van der Waals surface area contributed by atoms with E-state index in [4.69, 9.17) is 46.3 Å². The lowest BCUT2D eigenvalue weighted by Crippen LogP contribution is -2.15. The van der Waals surface area contributed by atoms with E-state index in [-0.39, 0.29) is 32.2 Å². The second-order valence-corrected chi connectivity index (χ2v) is 5.82. The fraction of sp³-hybridized carbons (Fsp3) is 0.0714. The highest BCUT2D eigenvalue weighted by atomic mass is 35.5. The summed E-state index contributed by atoms with van der Waals surface area (Å²) in [5.74, 6) is -2.04. The number of rotatable bonds is 1. The van der Waals surface area contributed by atoms with Gasteiger partial charge in [0.1, 0.15) is 16.5 Å². The van der Waals surface area contributed by atoms with Crippen LogP contribution in [0.4, 0.5) is 14.5 Å². The van der Waals surface area contributed by atoms with Crippen LogP contribution in [0.25, 0.3) is 10.9 Å². The van der Waals surface area contributed by atoms with E-state index in [2.05, 4.69) is 19.9 Å². The fourth-order valence-corrected chi connectivity index (χ4v) is 2.33. The molecule has 7 nitrogen and oxygen atoms in total. The first-order valence-electron chi connectivity index (χ1n) is 6.66. The van der Waals surface area contributed by atoms with E-state index in [0.29, 0.717) is 11.2 Å². The molecule has 3 aromatic heterocycles. The molecule has 0 bridgehead atoms. The average molecular weight is 422 g/mol. The van der Waals surface area contributed by atoms with Crippen LogP contribution < -0.4 is 11.5 Å². The molecule has 3 aromatic rings. The third kappa shape index (κ3) is 4.06. The van der Waals surface area contributed by atoms with Gasteiger partial charge in [0.25, 0.3) is 5.91 Å². The second kappa shape index (κ2) is 7.90. The van der Waals surface area contributed by atoms with Crippen molar-refractivity contribution in [2.75, 3.05) is 5.73 Å². The maximum absolute atomic E-state index is 13.4. The Bertz CT molecular complexity index is 1020. The van der Waals surface area contributed by atoms with Gasteiger partial charge in [0.2, 0.25) is 0 Å². The van der Waals surface area contributed by atoms with Gasteiger partial charge in [-0.1, -0.05) is 34.8 Å². The second-order valence-electron chi connectivity index (χ2n) is 4.74. The number of aromatic nitrogens is 4. The zero-order valence-corrected chi connectivity index (χ0v) is 15.2. The average Bonchev–Trinajstić information content (AvgIpc) is 2.56. The molecule has 3 heterocycles. The summed E-state index contributed by atoms with van der Waals surface area (Å²) in [5.41, 5.74) is 9.61. The molecule has 0 spiro atoms. The highest BCUT2D eigenvalue weighted by Gasteiger charge is 2.14. The van der Waals surface area contributed by atoms with Gasteiger partial charge in [0, 0.05) is 12.4 Å². The number of nitrogens with two attached hydrogens (primary N) is 2. The molecule has 0 aliphatic rings. The molecule has 0 aliphatic carbocycles. The van der Waals surface area contributed by atoms with E-state index in [0.717, 1.165) is 6.20 Å². The first-order valence-corrected chi connectivity index (χ1v) is 7.80. The summed E-state index contributed by atoms with van der Waals surface area (Å²) >= 11 is 16.6. The number of pyridine rings is 2. The van der Waals surface area contributed by atoms with Gasteiger partial charge in [-0.2, -0.15) is 0 Å². The Morgan fingerprint density at radius 3 is 2.19 bits per heavy atom. The monoisotopic (exact) mass is 420 g/mol. The summed E-state index contributed by atoms with van der Waals surface area (Å²) in [6.07, 6.45) is 2.38. The minimum atomic E-state index is -0.923. The van der Waals surface area contributed by atoms with Gasteiger partial charge < -0.3 is 11.5 Å². The molecular formula is C14H9Cl3F2N6O. The van der Waals surface area contributed by atoms with Crippen LogP contribution in [-0.4, -0.2) is 25.8 Å². The van der Waals surface area contributed by atoms with Crippen LogP contribution in [-0.2, 0) is 0 Å². The number of amides is 1. The highest BCUT2D eigenvalue weighted by Crippen LogP contribution is 2.25. The number of carbonyl (C=O) groups excluding carboxylic acids is 1. The molecular weight excluding hydrogens is 413 g/mol. The number of halogens is 5. The number of primary amides is 1. The van der Waals surface area contributed by atoms with E-state index >= 15 is 0 Å². The van der Waals surface area contributed by atoms with E-state index in [1.54, 1.807) is 6.92 Å². The van der Waals surface area contributed by atoms with Crippen molar-refractivity contribution in [3.8, 4) is 0 Å². The Morgan fingerprint density at radius 1 is 1.00 bits per heavy atom. The van der Waals surface area contributed by atoms with Crippen LogP contribution in [0.2, 0.25) is 15.5 Å². The highest BCUT2D eigenvalue weighted by molar-refractivity contribution is 6.34. The van der Waals surface area contributed by atoms with Crippen molar-refractivity contribution < 1.29 is 13.6 Å². The number of aryl methyl sites for hydroxylation is 1. The minimum absolute atomic E-state index is 0.0995. The van der Waals surface area contributed by atoms with Crippen LogP contribution in [0, 0.1) is 18.6 Å². The van der Waals surface area contributed by atoms with Crippen molar-refractivity contribution in [2.45, 2.75) is 6.92 Å². The van der Waals surface area contributed by atoms with Gasteiger partial charge in [-0.15, -0.1) is 0 Å². The van der Waals surface area contributed by atoms with Gasteiger partial charge in [-0.3, -0.25) is 4.79 Å². The summed E-state index contributed by atoms with van der Waals surface area (Å²) in [6.45, 7) is 1.62. The van der Waals surface area contributed by atoms with Crippen molar-refractivity contribution >= 4 is 57.3 Å². The van der Waals surface area contributed by atoms with Gasteiger partial charge in [-0.05, 0) is 6.92 Å². The lowest BCUT2D eigenvalue weighted by molar-refractivity contribution is 0.100. The largest absolute Gasteiger partial charge is 0.396 e. The zero-order chi connectivity index (χ0) is 19.6. The summed E-state index contributed by atoms with van der Waals surface area (Å²) < 4.78 is 26.2. The lowest BCUT2D eigenvalue weighted by Gasteiger charge is -2.02. The molecule has 0 saturated heterocycles. The predicted octanol–water partition coefficient (Wildman–Crippen LogP) is 3.33. The van der Waals surface area contributed by atoms with Crippen molar-refractivity contribution in [2.24, 2.45) is 5.73 Å². The molecule has 1 amide bonds. The number of fused-ring (bicyclic) bond motifs is 1. The Kier molecular flexibility index (Phi) is 6.06. The molecule has 0 aromatic carbocycles. The molecule has 0 atom stereocenters. The summed E-state index contributed by atoms with van der Waals surface area (Å²) in [7, 11) is 0. The molecule has 26 heavy (non-hydrogen) atoms. The smallest absolute Gasteiger partial charge is 0.252 e. The van der Waals surface area contributed by atoms with E-state index in [1.165, 1.54) is 6.20 Å². The molecule has 0 radical (unpaired) electrons. The molecule has 136 valence electrons. The first-order chi connectivity index (χ1) is 12.1. The fourth-order valence-electron chi connectivity index (χ4n) is 1.78. The number of hydrogen-bond donors (Lipinski definition) is 2. The van der Waals surface area contributed by atoms with Gasteiger partial charge in [0.05, 0.1) is 16.6 Å². The van der Waals surface area contributed by atoms with Crippen molar-refractivity contribution in [3.63, 3.8) is 0 Å². The van der Waals surface area contributed by atoms with Crippen LogP contribution in [0.3, 0.4) is 0 Å². The SMILES string of the molecule is Cc1nc(Cl)c2cnc(Cl)c(F)c2n1.NC(=O)c1cnc(Cl)c(F)c1N. The van der Waals surface area contributed by atoms with Gasteiger partial charge >= 0.3 is 0 Å². The van der Waals surface area contributed by atoms with E-state index in [9.17, 15) is 13.6 Å². The molecule has 0 fully saturated rings. The van der Waals surface area contributed by atoms with Crippen molar-refractivity contribution in [1.82, 2.24) is 19.9 Å². The Hall–Kier alpha value is -2.36. The Morgan fingerprint density at radius 2 is 1.58 bits per heavy atom. The number of carbonyl (C=O) groups is 1. The number of anilines is 1. The summed E-state index contributed by atoms with van der Waals surface area (Å²) in [4.78, 5) is 25.4. The Labute approximate surface area is 160 Å². The molecule has 3 rings (SSSR count). The summed E-state index contributed by atoms with van der Waals surface area (Å²) in [6, 6.07) is 0. The zero-order valence-electron chi connectivity index (χ0n) is 12.9. The molecule has 0 saturated carbocycles. The van der Waals surface area contributed by atoms with Crippen LogP contribution in [0.5, 0.6) is 0 Å². The maximum atomic E-state index is 13.4. The normalized spacial score (nSPS) is 10.4. The third-order valence-corrected chi connectivity index (χ3v) is 3.80. The predicted molar refractivity (Wildman–Crippen MR) is 94.2 cm³/mol. The Balaban J connectivity index is 0.000000190. The van der Waals surface area contributed by atoms with Crippen LogP contribution in [0.1, 0.15) is 16.2 Å². The number of hydrogen-bond acceptors (Lipinski definition) is 6.